The van der Waals surface area contributed by atoms with Crippen LogP contribution in [0.5, 0.6) is 0 Å². The van der Waals surface area contributed by atoms with Gasteiger partial charge in [-0.05, 0) is 26.3 Å². The summed E-state index contributed by atoms with van der Waals surface area (Å²) in [5.74, 6) is 3.28. The minimum atomic E-state index is 0.278. The van der Waals surface area contributed by atoms with Crippen LogP contribution in [0.4, 0.5) is 0 Å². The molecule has 2 heterocycles. The summed E-state index contributed by atoms with van der Waals surface area (Å²) in [7, 11) is 0. The van der Waals surface area contributed by atoms with Crippen LogP contribution in [0.25, 0.3) is 0 Å². The smallest absolute Gasteiger partial charge is 0.194 e. The molecule has 0 bridgehead atoms. The van der Waals surface area contributed by atoms with Gasteiger partial charge in [0.05, 0.1) is 0 Å². The van der Waals surface area contributed by atoms with Crippen LogP contribution in [0.2, 0.25) is 0 Å². The van der Waals surface area contributed by atoms with E-state index in [0.29, 0.717) is 0 Å². The molecule has 0 saturated carbocycles. The molecule has 27 heavy (non-hydrogen) atoms. The molecule has 6 heteroatoms. The first kappa shape index (κ1) is 19.8. The van der Waals surface area contributed by atoms with Crippen LogP contribution < -0.4 is 5.32 Å². The highest BCUT2D eigenvalue weighted by molar-refractivity contribution is 8.00. The maximum Gasteiger partial charge on any atom is 0.194 e. The number of rotatable bonds is 6. The predicted molar refractivity (Wildman–Crippen MR) is 116 cm³/mol. The van der Waals surface area contributed by atoms with Gasteiger partial charge in [-0.1, -0.05) is 30.3 Å². The molecular formula is C21H31N5S. The van der Waals surface area contributed by atoms with E-state index in [4.69, 9.17) is 4.99 Å². The Morgan fingerprint density at radius 2 is 2.11 bits per heavy atom. The maximum atomic E-state index is 4.89. The van der Waals surface area contributed by atoms with Crippen molar-refractivity contribution < 1.29 is 0 Å². The summed E-state index contributed by atoms with van der Waals surface area (Å²) in [5.41, 5.74) is 1.29. The Bertz CT molecular complexity index is 738. The highest BCUT2D eigenvalue weighted by Crippen LogP contribution is 2.29. The van der Waals surface area contributed by atoms with Gasteiger partial charge in [0.1, 0.15) is 5.82 Å². The summed E-state index contributed by atoms with van der Waals surface area (Å²) >= 11 is 2.05. The molecule has 1 fully saturated rings. The van der Waals surface area contributed by atoms with Gasteiger partial charge < -0.3 is 14.8 Å². The van der Waals surface area contributed by atoms with Gasteiger partial charge in [0.25, 0.3) is 0 Å². The van der Waals surface area contributed by atoms with Crippen LogP contribution in [0, 0.1) is 0 Å². The largest absolute Gasteiger partial charge is 0.357 e. The Morgan fingerprint density at radius 3 is 2.85 bits per heavy atom. The summed E-state index contributed by atoms with van der Waals surface area (Å²) in [6, 6.07) is 10.5. The first-order chi connectivity index (χ1) is 13.1. The van der Waals surface area contributed by atoms with Crippen molar-refractivity contribution >= 4 is 17.7 Å². The SMILES string of the molecule is CCNC(=NCCc1nccn1Cc1ccccc1)N1CCSC(C)(C)C1. The van der Waals surface area contributed by atoms with Crippen molar-refractivity contribution in [3.05, 3.63) is 54.1 Å². The minimum Gasteiger partial charge on any atom is -0.357 e. The standard InChI is InChI=1S/C21H31N5S/c1-4-22-20(26-14-15-27-21(2,3)17-26)24-11-10-19-23-12-13-25(19)16-18-8-6-5-7-9-18/h5-9,12-13H,4,10-11,14-17H2,1-3H3,(H,22,24). The topological polar surface area (TPSA) is 45.5 Å². The lowest BCUT2D eigenvalue weighted by Gasteiger charge is -2.39. The molecule has 146 valence electrons. The number of aromatic nitrogens is 2. The van der Waals surface area contributed by atoms with Crippen LogP contribution in [-0.2, 0) is 13.0 Å². The number of imidazole rings is 1. The highest BCUT2D eigenvalue weighted by Gasteiger charge is 2.28. The molecule has 1 N–H and O–H groups in total. The van der Waals surface area contributed by atoms with Crippen molar-refractivity contribution in [3.63, 3.8) is 0 Å². The Morgan fingerprint density at radius 1 is 1.30 bits per heavy atom. The molecule has 0 atom stereocenters. The average Bonchev–Trinajstić information content (AvgIpc) is 3.08. The fraction of sp³-hybridized carbons (Fsp3) is 0.524. The third-order valence-electron chi connectivity index (χ3n) is 4.65. The van der Waals surface area contributed by atoms with Crippen LogP contribution in [0.1, 0.15) is 32.2 Å². The van der Waals surface area contributed by atoms with Crippen LogP contribution in [-0.4, -0.2) is 57.1 Å². The molecule has 2 aromatic rings. The van der Waals surface area contributed by atoms with Crippen LogP contribution in [0.15, 0.2) is 47.7 Å². The molecule has 0 unspecified atom stereocenters. The molecule has 1 aromatic carbocycles. The lowest BCUT2D eigenvalue weighted by Crippen LogP contribution is -2.51. The monoisotopic (exact) mass is 385 g/mol. The van der Waals surface area contributed by atoms with Crippen molar-refractivity contribution in [2.75, 3.05) is 31.9 Å². The van der Waals surface area contributed by atoms with Gasteiger partial charge in [-0.25, -0.2) is 4.98 Å². The van der Waals surface area contributed by atoms with Gasteiger partial charge in [0.15, 0.2) is 5.96 Å². The number of hydrogen-bond donors (Lipinski definition) is 1. The van der Waals surface area contributed by atoms with Gasteiger partial charge in [-0.3, -0.25) is 4.99 Å². The molecule has 5 nitrogen and oxygen atoms in total. The van der Waals surface area contributed by atoms with Crippen LogP contribution in [0.3, 0.4) is 0 Å². The molecule has 1 aliphatic rings. The first-order valence-corrected chi connectivity index (χ1v) is 10.8. The average molecular weight is 386 g/mol. The minimum absolute atomic E-state index is 0.278. The van der Waals surface area contributed by atoms with E-state index in [2.05, 4.69) is 77.1 Å². The van der Waals surface area contributed by atoms with E-state index in [1.807, 2.05) is 18.0 Å². The molecule has 0 spiro atoms. The zero-order chi connectivity index (χ0) is 19.1. The summed E-state index contributed by atoms with van der Waals surface area (Å²) in [5, 5.41) is 3.46. The van der Waals surface area contributed by atoms with E-state index >= 15 is 0 Å². The van der Waals surface area contributed by atoms with E-state index in [-0.39, 0.29) is 4.75 Å². The number of aliphatic imine (C=N–C) groups is 1. The number of hydrogen-bond acceptors (Lipinski definition) is 3. The fourth-order valence-corrected chi connectivity index (χ4v) is 4.49. The van der Waals surface area contributed by atoms with E-state index in [1.54, 1.807) is 0 Å². The first-order valence-electron chi connectivity index (χ1n) is 9.78. The molecule has 1 aliphatic heterocycles. The lowest BCUT2D eigenvalue weighted by atomic mass is 10.2. The second-order valence-corrected chi connectivity index (χ2v) is 9.27. The van der Waals surface area contributed by atoms with E-state index in [9.17, 15) is 0 Å². The second-order valence-electron chi connectivity index (χ2n) is 7.47. The van der Waals surface area contributed by atoms with E-state index < -0.39 is 0 Å². The van der Waals surface area contributed by atoms with Gasteiger partial charge in [-0.15, -0.1) is 0 Å². The van der Waals surface area contributed by atoms with Crippen molar-refractivity contribution in [1.29, 1.82) is 0 Å². The summed E-state index contributed by atoms with van der Waals surface area (Å²) < 4.78 is 2.50. The molecule has 1 aromatic heterocycles. The fourth-order valence-electron chi connectivity index (χ4n) is 3.38. The molecular weight excluding hydrogens is 354 g/mol. The Labute approximate surface area is 167 Å². The van der Waals surface area contributed by atoms with Crippen molar-refractivity contribution in [2.24, 2.45) is 4.99 Å². The molecule has 0 radical (unpaired) electrons. The zero-order valence-electron chi connectivity index (χ0n) is 16.7. The number of nitrogens with zero attached hydrogens (tertiary/aromatic N) is 4. The van der Waals surface area contributed by atoms with Gasteiger partial charge in [-0.2, -0.15) is 11.8 Å². The van der Waals surface area contributed by atoms with Gasteiger partial charge >= 0.3 is 0 Å². The maximum absolute atomic E-state index is 4.89. The van der Waals surface area contributed by atoms with Gasteiger partial charge in [0.2, 0.25) is 0 Å². The predicted octanol–water partition coefficient (Wildman–Crippen LogP) is 3.27. The van der Waals surface area contributed by atoms with Crippen LogP contribution >= 0.6 is 11.8 Å². The third kappa shape index (κ3) is 5.76. The van der Waals surface area contributed by atoms with E-state index in [0.717, 1.165) is 56.7 Å². The molecule has 0 amide bonds. The third-order valence-corrected chi connectivity index (χ3v) is 5.95. The Kier molecular flexibility index (Phi) is 6.83. The summed E-state index contributed by atoms with van der Waals surface area (Å²) in [4.78, 5) is 11.8. The molecule has 0 aliphatic carbocycles. The zero-order valence-corrected chi connectivity index (χ0v) is 17.5. The lowest BCUT2D eigenvalue weighted by molar-refractivity contribution is 0.376. The highest BCUT2D eigenvalue weighted by atomic mass is 32.2. The number of thioether (sulfide) groups is 1. The molecule has 3 rings (SSSR count). The molecule has 1 saturated heterocycles. The van der Waals surface area contributed by atoms with Crippen molar-refractivity contribution in [3.8, 4) is 0 Å². The summed E-state index contributed by atoms with van der Waals surface area (Å²) in [6.07, 6.45) is 4.79. The van der Waals surface area contributed by atoms with Gasteiger partial charge in [0, 0.05) is 62.0 Å². The van der Waals surface area contributed by atoms with Crippen molar-refractivity contribution in [1.82, 2.24) is 19.8 Å². The number of nitrogens with one attached hydrogen (secondary N) is 1. The summed E-state index contributed by atoms with van der Waals surface area (Å²) in [6.45, 7) is 11.4. The van der Waals surface area contributed by atoms with Crippen molar-refractivity contribution in [2.45, 2.75) is 38.5 Å². The number of benzene rings is 1. The Balaban J connectivity index is 1.62. The Hall–Kier alpha value is -1.95. The normalized spacial score (nSPS) is 17.1. The second kappa shape index (κ2) is 9.31. The number of guanidine groups is 1. The van der Waals surface area contributed by atoms with E-state index in [1.165, 1.54) is 5.56 Å². The quantitative estimate of drug-likeness (QED) is 0.612.